The average molecular weight is 328 g/mol. The lowest BCUT2D eigenvalue weighted by atomic mass is 10.2. The number of carbonyl (C=O) groups is 1. The van der Waals surface area contributed by atoms with E-state index < -0.39 is 9.84 Å². The molecule has 2 rings (SSSR count). The first-order valence-electron chi connectivity index (χ1n) is 6.38. The van der Waals surface area contributed by atoms with Gasteiger partial charge in [-0.05, 0) is 24.3 Å². The number of rotatable bonds is 4. The standard InChI is InChI=1S/C13H16N2O4S2/c14-13(20)10-1-3-11(4-2-10)19-9-12(16)15-5-7-21(17,18)8-6-15/h1-4H,5-9H2,(H2,14,20). The minimum atomic E-state index is -2.99. The van der Waals surface area contributed by atoms with E-state index >= 15 is 0 Å². The predicted molar refractivity (Wildman–Crippen MR) is 83.1 cm³/mol. The highest BCUT2D eigenvalue weighted by Gasteiger charge is 2.25. The second-order valence-corrected chi connectivity index (χ2v) is 7.45. The van der Waals surface area contributed by atoms with Gasteiger partial charge >= 0.3 is 0 Å². The zero-order valence-electron chi connectivity index (χ0n) is 11.3. The SMILES string of the molecule is NC(=S)c1ccc(OCC(=O)N2CCS(=O)(=O)CC2)cc1. The summed E-state index contributed by atoms with van der Waals surface area (Å²) in [5, 5.41) is 0. The third-order valence-electron chi connectivity index (χ3n) is 3.20. The number of thiocarbonyl (C=S) groups is 1. The van der Waals surface area contributed by atoms with E-state index in [9.17, 15) is 13.2 Å². The summed E-state index contributed by atoms with van der Waals surface area (Å²) in [6, 6.07) is 6.80. The Kier molecular flexibility index (Phi) is 4.79. The van der Waals surface area contributed by atoms with Gasteiger partial charge in [0.05, 0.1) is 11.5 Å². The first kappa shape index (κ1) is 15.7. The van der Waals surface area contributed by atoms with Crippen molar-refractivity contribution in [2.45, 2.75) is 0 Å². The van der Waals surface area contributed by atoms with E-state index in [4.69, 9.17) is 22.7 Å². The lowest BCUT2D eigenvalue weighted by molar-refractivity contribution is -0.133. The molecule has 0 saturated carbocycles. The van der Waals surface area contributed by atoms with Gasteiger partial charge in [-0.3, -0.25) is 4.79 Å². The molecule has 21 heavy (non-hydrogen) atoms. The Morgan fingerprint density at radius 2 is 1.81 bits per heavy atom. The van der Waals surface area contributed by atoms with Crippen LogP contribution in [-0.4, -0.2) is 55.4 Å². The number of carbonyl (C=O) groups excluding carboxylic acids is 1. The van der Waals surface area contributed by atoms with Crippen molar-refractivity contribution in [1.29, 1.82) is 0 Å². The van der Waals surface area contributed by atoms with Gasteiger partial charge in [0.1, 0.15) is 10.7 Å². The van der Waals surface area contributed by atoms with Gasteiger partial charge in [-0.1, -0.05) is 12.2 Å². The molecule has 1 heterocycles. The van der Waals surface area contributed by atoms with E-state index in [0.717, 1.165) is 5.56 Å². The second-order valence-electron chi connectivity index (χ2n) is 4.71. The molecule has 2 N–H and O–H groups in total. The molecule has 114 valence electrons. The molecule has 1 aliphatic rings. The van der Waals surface area contributed by atoms with E-state index in [-0.39, 0.29) is 37.1 Å². The molecule has 1 aromatic carbocycles. The van der Waals surface area contributed by atoms with Gasteiger partial charge in [-0.2, -0.15) is 0 Å². The van der Waals surface area contributed by atoms with E-state index in [2.05, 4.69) is 0 Å². The first-order valence-corrected chi connectivity index (χ1v) is 8.61. The Balaban J connectivity index is 1.85. The predicted octanol–water partition coefficient (Wildman–Crippen LogP) is -0.0434. The fourth-order valence-electron chi connectivity index (χ4n) is 1.91. The van der Waals surface area contributed by atoms with Crippen molar-refractivity contribution >= 4 is 33.0 Å². The maximum absolute atomic E-state index is 11.9. The number of sulfone groups is 1. The minimum absolute atomic E-state index is 0.0153. The van der Waals surface area contributed by atoms with Crippen LogP contribution in [0.3, 0.4) is 0 Å². The van der Waals surface area contributed by atoms with Crippen molar-refractivity contribution in [3.63, 3.8) is 0 Å². The molecule has 6 nitrogen and oxygen atoms in total. The quantitative estimate of drug-likeness (QED) is 0.780. The summed E-state index contributed by atoms with van der Waals surface area (Å²) in [5.41, 5.74) is 6.21. The molecular weight excluding hydrogens is 312 g/mol. The summed E-state index contributed by atoms with van der Waals surface area (Å²) >= 11 is 4.84. The van der Waals surface area contributed by atoms with Gasteiger partial charge in [0, 0.05) is 18.7 Å². The maximum Gasteiger partial charge on any atom is 0.260 e. The summed E-state index contributed by atoms with van der Waals surface area (Å²) in [6.45, 7) is 0.336. The molecule has 1 aromatic rings. The van der Waals surface area contributed by atoms with Crippen molar-refractivity contribution in [2.24, 2.45) is 5.73 Å². The Morgan fingerprint density at radius 1 is 1.24 bits per heavy atom. The van der Waals surface area contributed by atoms with Crippen LogP contribution in [0, 0.1) is 0 Å². The van der Waals surface area contributed by atoms with Crippen LogP contribution in [0.2, 0.25) is 0 Å². The van der Waals surface area contributed by atoms with E-state index in [1.54, 1.807) is 24.3 Å². The van der Waals surface area contributed by atoms with Gasteiger partial charge in [0.2, 0.25) is 0 Å². The Morgan fingerprint density at radius 3 is 2.33 bits per heavy atom. The van der Waals surface area contributed by atoms with Gasteiger partial charge in [0.15, 0.2) is 16.4 Å². The third-order valence-corrected chi connectivity index (χ3v) is 5.04. The summed E-state index contributed by atoms with van der Waals surface area (Å²) in [5.74, 6) is 0.347. The van der Waals surface area contributed by atoms with Crippen LogP contribution in [-0.2, 0) is 14.6 Å². The lowest BCUT2D eigenvalue weighted by Gasteiger charge is -2.26. The van der Waals surface area contributed by atoms with E-state index in [0.29, 0.717) is 10.7 Å². The molecule has 0 unspecified atom stereocenters. The van der Waals surface area contributed by atoms with Crippen molar-refractivity contribution in [1.82, 2.24) is 4.90 Å². The van der Waals surface area contributed by atoms with Crippen LogP contribution in [0.25, 0.3) is 0 Å². The molecule has 0 bridgehead atoms. The summed E-state index contributed by atoms with van der Waals surface area (Å²) < 4.78 is 28.0. The molecular formula is C13H16N2O4S2. The highest BCUT2D eigenvalue weighted by Crippen LogP contribution is 2.12. The molecule has 1 amide bonds. The molecule has 1 saturated heterocycles. The second kappa shape index (κ2) is 6.40. The fraction of sp³-hybridized carbons (Fsp3) is 0.385. The number of ether oxygens (including phenoxy) is 1. The summed E-state index contributed by atoms with van der Waals surface area (Å²) in [6.07, 6.45) is 0. The van der Waals surface area contributed by atoms with E-state index in [1.165, 1.54) is 4.90 Å². The summed E-state index contributed by atoms with van der Waals surface area (Å²) in [4.78, 5) is 13.7. The van der Waals surface area contributed by atoms with Gasteiger partial charge in [-0.25, -0.2) is 8.42 Å². The smallest absolute Gasteiger partial charge is 0.260 e. The van der Waals surface area contributed by atoms with Crippen LogP contribution in [0.5, 0.6) is 5.75 Å². The van der Waals surface area contributed by atoms with Crippen molar-refractivity contribution in [3.05, 3.63) is 29.8 Å². The van der Waals surface area contributed by atoms with Gasteiger partial charge in [-0.15, -0.1) is 0 Å². The minimum Gasteiger partial charge on any atom is -0.484 e. The first-order chi connectivity index (χ1) is 9.87. The third kappa shape index (κ3) is 4.40. The number of benzene rings is 1. The zero-order valence-corrected chi connectivity index (χ0v) is 13.0. The van der Waals surface area contributed by atoms with Crippen LogP contribution < -0.4 is 10.5 Å². The molecule has 0 aromatic heterocycles. The van der Waals surface area contributed by atoms with Crippen molar-refractivity contribution in [2.75, 3.05) is 31.2 Å². The number of nitrogens with zero attached hydrogens (tertiary/aromatic N) is 1. The topological polar surface area (TPSA) is 89.7 Å². The van der Waals surface area contributed by atoms with Gasteiger partial charge in [0.25, 0.3) is 5.91 Å². The van der Waals surface area contributed by atoms with Crippen LogP contribution >= 0.6 is 12.2 Å². The molecule has 1 fully saturated rings. The Bertz CT molecular complexity index is 627. The highest BCUT2D eigenvalue weighted by atomic mass is 32.2. The zero-order chi connectivity index (χ0) is 15.5. The normalized spacial score (nSPS) is 17.2. The van der Waals surface area contributed by atoms with E-state index in [1.807, 2.05) is 0 Å². The average Bonchev–Trinajstić information content (AvgIpc) is 2.45. The molecule has 0 radical (unpaired) electrons. The maximum atomic E-state index is 11.9. The fourth-order valence-corrected chi connectivity index (χ4v) is 3.25. The largest absolute Gasteiger partial charge is 0.484 e. The molecule has 1 aliphatic heterocycles. The van der Waals surface area contributed by atoms with Crippen molar-refractivity contribution in [3.8, 4) is 5.75 Å². The Hall–Kier alpha value is -1.67. The molecule has 8 heteroatoms. The number of amides is 1. The monoisotopic (exact) mass is 328 g/mol. The van der Waals surface area contributed by atoms with Crippen LogP contribution in [0.4, 0.5) is 0 Å². The number of hydrogen-bond acceptors (Lipinski definition) is 5. The van der Waals surface area contributed by atoms with Crippen LogP contribution in [0.1, 0.15) is 5.56 Å². The Labute approximate surface area is 128 Å². The van der Waals surface area contributed by atoms with Crippen molar-refractivity contribution < 1.29 is 17.9 Å². The van der Waals surface area contributed by atoms with Crippen LogP contribution in [0.15, 0.2) is 24.3 Å². The number of hydrogen-bond donors (Lipinski definition) is 1. The molecule has 0 atom stereocenters. The molecule has 0 spiro atoms. The molecule has 0 aliphatic carbocycles. The lowest BCUT2D eigenvalue weighted by Crippen LogP contribution is -2.45. The number of nitrogens with two attached hydrogens (primary N) is 1. The van der Waals surface area contributed by atoms with Gasteiger partial charge < -0.3 is 15.4 Å². The summed E-state index contributed by atoms with van der Waals surface area (Å²) in [7, 11) is -2.99. The highest BCUT2D eigenvalue weighted by molar-refractivity contribution is 7.91.